The lowest BCUT2D eigenvalue weighted by atomic mass is 10.1. The standard InChI is InChI=1S/C15H19NOS/c1-12(13-5-7-14(17-2)8-6-13)16-10-9-15-4-3-11-18-15/h3-8,11-12,16H,9-10H2,1-2H3. The van der Waals surface area contributed by atoms with Crippen LogP contribution in [-0.4, -0.2) is 13.7 Å². The number of hydrogen-bond acceptors (Lipinski definition) is 3. The second-order valence-electron chi connectivity index (χ2n) is 4.28. The average Bonchev–Trinajstić information content (AvgIpc) is 2.92. The van der Waals surface area contributed by atoms with Crippen molar-refractivity contribution < 1.29 is 4.74 Å². The first-order valence-corrected chi connectivity index (χ1v) is 7.07. The fraction of sp³-hybridized carbons (Fsp3) is 0.333. The maximum Gasteiger partial charge on any atom is 0.118 e. The van der Waals surface area contributed by atoms with Gasteiger partial charge < -0.3 is 10.1 Å². The monoisotopic (exact) mass is 261 g/mol. The lowest BCUT2D eigenvalue weighted by Gasteiger charge is -2.14. The summed E-state index contributed by atoms with van der Waals surface area (Å²) in [6.45, 7) is 3.20. The Morgan fingerprint density at radius 2 is 2.00 bits per heavy atom. The molecule has 18 heavy (non-hydrogen) atoms. The Labute approximate surface area is 113 Å². The first-order valence-electron chi connectivity index (χ1n) is 6.19. The molecule has 0 amide bonds. The normalized spacial score (nSPS) is 12.3. The molecular formula is C15H19NOS. The van der Waals surface area contributed by atoms with E-state index in [1.54, 1.807) is 7.11 Å². The minimum absolute atomic E-state index is 0.371. The van der Waals surface area contributed by atoms with Crippen LogP contribution in [0.1, 0.15) is 23.4 Å². The first kappa shape index (κ1) is 13.1. The Hall–Kier alpha value is -1.32. The van der Waals surface area contributed by atoms with Crippen LogP contribution in [0.2, 0.25) is 0 Å². The maximum absolute atomic E-state index is 5.16. The second kappa shape index (κ2) is 6.57. The van der Waals surface area contributed by atoms with Gasteiger partial charge in [-0.05, 0) is 42.5 Å². The molecular weight excluding hydrogens is 242 g/mol. The zero-order valence-electron chi connectivity index (χ0n) is 10.8. The number of thiophene rings is 1. The van der Waals surface area contributed by atoms with Crippen LogP contribution in [0, 0.1) is 0 Å². The summed E-state index contributed by atoms with van der Waals surface area (Å²) in [5.41, 5.74) is 1.29. The molecule has 0 radical (unpaired) electrons. The molecule has 2 rings (SSSR count). The number of ether oxygens (including phenoxy) is 1. The zero-order chi connectivity index (χ0) is 12.8. The van der Waals surface area contributed by atoms with Crippen molar-refractivity contribution in [3.8, 4) is 5.75 Å². The van der Waals surface area contributed by atoms with Gasteiger partial charge in [0, 0.05) is 17.5 Å². The van der Waals surface area contributed by atoms with Crippen LogP contribution in [0.5, 0.6) is 5.75 Å². The molecule has 0 spiro atoms. The Balaban J connectivity index is 1.81. The summed E-state index contributed by atoms with van der Waals surface area (Å²) in [7, 11) is 1.69. The highest BCUT2D eigenvalue weighted by atomic mass is 32.1. The fourth-order valence-electron chi connectivity index (χ4n) is 1.88. The third kappa shape index (κ3) is 3.59. The van der Waals surface area contributed by atoms with Crippen molar-refractivity contribution in [2.45, 2.75) is 19.4 Å². The molecule has 1 aromatic heterocycles. The molecule has 1 N–H and O–H groups in total. The minimum atomic E-state index is 0.371. The SMILES string of the molecule is COc1ccc(C(C)NCCc2cccs2)cc1. The fourth-order valence-corrected chi connectivity index (χ4v) is 2.59. The van der Waals surface area contributed by atoms with Gasteiger partial charge in [-0.1, -0.05) is 18.2 Å². The summed E-state index contributed by atoms with van der Waals surface area (Å²) >= 11 is 1.82. The van der Waals surface area contributed by atoms with Gasteiger partial charge in [-0.25, -0.2) is 0 Å². The highest BCUT2D eigenvalue weighted by Gasteiger charge is 2.04. The summed E-state index contributed by atoms with van der Waals surface area (Å²) in [4.78, 5) is 1.43. The van der Waals surface area contributed by atoms with Crippen LogP contribution in [0.3, 0.4) is 0 Å². The molecule has 1 heterocycles. The molecule has 2 nitrogen and oxygen atoms in total. The largest absolute Gasteiger partial charge is 0.497 e. The van der Waals surface area contributed by atoms with Crippen molar-refractivity contribution in [1.82, 2.24) is 5.32 Å². The highest BCUT2D eigenvalue weighted by Crippen LogP contribution is 2.17. The van der Waals surface area contributed by atoms with E-state index in [2.05, 4.69) is 41.9 Å². The third-order valence-corrected chi connectivity index (χ3v) is 3.95. The predicted molar refractivity (Wildman–Crippen MR) is 77.4 cm³/mol. The average molecular weight is 261 g/mol. The Kier molecular flexibility index (Phi) is 4.79. The van der Waals surface area contributed by atoms with Crippen molar-refractivity contribution in [2.75, 3.05) is 13.7 Å². The molecule has 96 valence electrons. The van der Waals surface area contributed by atoms with Crippen molar-refractivity contribution in [3.05, 3.63) is 52.2 Å². The van der Waals surface area contributed by atoms with E-state index >= 15 is 0 Å². The number of nitrogens with one attached hydrogen (secondary N) is 1. The molecule has 0 fully saturated rings. The quantitative estimate of drug-likeness (QED) is 0.857. The number of rotatable bonds is 6. The Morgan fingerprint density at radius 1 is 1.22 bits per heavy atom. The van der Waals surface area contributed by atoms with E-state index in [4.69, 9.17) is 4.74 Å². The summed E-state index contributed by atoms with van der Waals surface area (Å²) in [5, 5.41) is 5.67. The van der Waals surface area contributed by atoms with Crippen molar-refractivity contribution >= 4 is 11.3 Å². The van der Waals surface area contributed by atoms with Crippen molar-refractivity contribution in [1.29, 1.82) is 0 Å². The van der Waals surface area contributed by atoms with E-state index in [0.717, 1.165) is 18.7 Å². The number of hydrogen-bond donors (Lipinski definition) is 1. The van der Waals surface area contributed by atoms with Gasteiger partial charge in [0.1, 0.15) is 5.75 Å². The van der Waals surface area contributed by atoms with Gasteiger partial charge in [-0.3, -0.25) is 0 Å². The van der Waals surface area contributed by atoms with Crippen LogP contribution in [0.4, 0.5) is 0 Å². The first-order chi connectivity index (χ1) is 8.79. The predicted octanol–water partition coefficient (Wildman–Crippen LogP) is 3.65. The lowest BCUT2D eigenvalue weighted by molar-refractivity contribution is 0.414. The summed E-state index contributed by atoms with van der Waals surface area (Å²) in [6, 6.07) is 12.9. The van der Waals surface area contributed by atoms with Crippen LogP contribution in [0.25, 0.3) is 0 Å². The van der Waals surface area contributed by atoms with E-state index in [1.807, 2.05) is 23.5 Å². The van der Waals surface area contributed by atoms with Crippen LogP contribution < -0.4 is 10.1 Å². The maximum atomic E-state index is 5.16. The smallest absolute Gasteiger partial charge is 0.118 e. The molecule has 0 saturated heterocycles. The minimum Gasteiger partial charge on any atom is -0.497 e. The molecule has 2 aromatic rings. The van der Waals surface area contributed by atoms with E-state index in [9.17, 15) is 0 Å². The number of benzene rings is 1. The van der Waals surface area contributed by atoms with Gasteiger partial charge in [0.05, 0.1) is 7.11 Å². The van der Waals surface area contributed by atoms with Gasteiger partial charge in [-0.2, -0.15) is 0 Å². The van der Waals surface area contributed by atoms with Gasteiger partial charge in [-0.15, -0.1) is 11.3 Å². The zero-order valence-corrected chi connectivity index (χ0v) is 11.7. The van der Waals surface area contributed by atoms with Gasteiger partial charge in [0.25, 0.3) is 0 Å². The lowest BCUT2D eigenvalue weighted by Crippen LogP contribution is -2.21. The third-order valence-electron chi connectivity index (χ3n) is 3.02. The molecule has 1 unspecified atom stereocenters. The highest BCUT2D eigenvalue weighted by molar-refractivity contribution is 7.09. The summed E-state index contributed by atoms with van der Waals surface area (Å²) in [5.74, 6) is 0.907. The van der Waals surface area contributed by atoms with E-state index in [1.165, 1.54) is 10.4 Å². The molecule has 1 atom stereocenters. The topological polar surface area (TPSA) is 21.3 Å². The van der Waals surface area contributed by atoms with Gasteiger partial charge in [0.15, 0.2) is 0 Å². The van der Waals surface area contributed by atoms with Crippen LogP contribution in [0.15, 0.2) is 41.8 Å². The Bertz CT molecular complexity index is 450. The molecule has 0 saturated carbocycles. The molecule has 0 aliphatic heterocycles. The Morgan fingerprint density at radius 3 is 2.61 bits per heavy atom. The van der Waals surface area contributed by atoms with Gasteiger partial charge >= 0.3 is 0 Å². The molecule has 0 bridgehead atoms. The molecule has 1 aromatic carbocycles. The second-order valence-corrected chi connectivity index (χ2v) is 5.31. The molecule has 3 heteroatoms. The van der Waals surface area contributed by atoms with Crippen molar-refractivity contribution in [2.24, 2.45) is 0 Å². The van der Waals surface area contributed by atoms with E-state index < -0.39 is 0 Å². The van der Waals surface area contributed by atoms with Crippen LogP contribution in [-0.2, 0) is 6.42 Å². The number of methoxy groups -OCH3 is 1. The van der Waals surface area contributed by atoms with E-state index in [0.29, 0.717) is 6.04 Å². The van der Waals surface area contributed by atoms with Crippen LogP contribution >= 0.6 is 11.3 Å². The summed E-state index contributed by atoms with van der Waals surface area (Å²) in [6.07, 6.45) is 1.10. The van der Waals surface area contributed by atoms with Crippen molar-refractivity contribution in [3.63, 3.8) is 0 Å². The molecule has 0 aliphatic rings. The molecule has 0 aliphatic carbocycles. The van der Waals surface area contributed by atoms with E-state index in [-0.39, 0.29) is 0 Å². The summed E-state index contributed by atoms with van der Waals surface area (Å²) < 4.78 is 5.16. The van der Waals surface area contributed by atoms with Gasteiger partial charge in [0.2, 0.25) is 0 Å².